The molecule has 0 saturated carbocycles. The van der Waals surface area contributed by atoms with Crippen LogP contribution in [0.15, 0.2) is 22.2 Å². The molecule has 0 bridgehead atoms. The van der Waals surface area contributed by atoms with Gasteiger partial charge in [0.05, 0.1) is 5.02 Å². The molecule has 1 aromatic rings. The zero-order chi connectivity index (χ0) is 13.9. The van der Waals surface area contributed by atoms with Gasteiger partial charge >= 0.3 is 0 Å². The van der Waals surface area contributed by atoms with Crippen LogP contribution in [-0.4, -0.2) is 30.0 Å². The first-order chi connectivity index (χ1) is 8.36. The van der Waals surface area contributed by atoms with Gasteiger partial charge in [0, 0.05) is 24.1 Å². The summed E-state index contributed by atoms with van der Waals surface area (Å²) in [6.45, 7) is 0. The Balaban J connectivity index is 3.31. The summed E-state index contributed by atoms with van der Waals surface area (Å²) in [4.78, 5) is 13.0. The Hall–Kier alpha value is -1.51. The second-order valence-electron chi connectivity index (χ2n) is 3.69. The smallest absolute Gasteiger partial charge is 0.264 e. The largest absolute Gasteiger partial charge is 0.506 e. The molecule has 0 fully saturated rings. The van der Waals surface area contributed by atoms with E-state index in [-0.39, 0.29) is 16.3 Å². The number of carbonyl (C=O) groups is 1. The van der Waals surface area contributed by atoms with Crippen molar-refractivity contribution in [3.8, 4) is 11.8 Å². The van der Waals surface area contributed by atoms with Gasteiger partial charge in [0.1, 0.15) is 17.4 Å². The van der Waals surface area contributed by atoms with Crippen LogP contribution in [0.2, 0.25) is 5.02 Å². The van der Waals surface area contributed by atoms with Crippen molar-refractivity contribution in [1.82, 2.24) is 4.90 Å². The number of amides is 1. The number of likely N-dealkylation sites (N-methyl/N-ethyl adjacent to an activating group) is 1. The monoisotopic (exact) mass is 328 g/mol. The maximum absolute atomic E-state index is 11.7. The van der Waals surface area contributed by atoms with E-state index in [1.165, 1.54) is 17.0 Å². The Labute approximate surface area is 118 Å². The van der Waals surface area contributed by atoms with Gasteiger partial charge in [-0.3, -0.25) is 4.79 Å². The zero-order valence-corrected chi connectivity index (χ0v) is 12.1. The number of aromatic hydroxyl groups is 1. The number of nitriles is 1. The van der Waals surface area contributed by atoms with Gasteiger partial charge in [-0.25, -0.2) is 0 Å². The minimum Gasteiger partial charge on any atom is -0.506 e. The molecule has 0 unspecified atom stereocenters. The molecular formula is C12H10BrClN2O2. The number of carbonyl (C=O) groups excluding carboxylic acids is 1. The molecule has 0 saturated heterocycles. The standard InChI is InChI=1S/C12H10BrClN2O2/c1-16(2)12(18)8(6-15)3-7-4-9(13)5-10(14)11(7)17/h3-5,17H,1-2H3/b8-3+. The van der Waals surface area contributed by atoms with Crippen LogP contribution in [0.1, 0.15) is 5.56 Å². The zero-order valence-electron chi connectivity index (χ0n) is 9.74. The quantitative estimate of drug-likeness (QED) is 0.670. The highest BCUT2D eigenvalue weighted by Gasteiger charge is 2.13. The summed E-state index contributed by atoms with van der Waals surface area (Å²) in [5.74, 6) is -0.604. The van der Waals surface area contributed by atoms with Crippen LogP contribution >= 0.6 is 27.5 Å². The molecule has 0 aromatic heterocycles. The first-order valence-electron chi connectivity index (χ1n) is 4.88. The highest BCUT2D eigenvalue weighted by molar-refractivity contribution is 9.10. The van der Waals surface area contributed by atoms with Crippen LogP contribution in [0.3, 0.4) is 0 Å². The average Bonchev–Trinajstić information content (AvgIpc) is 2.30. The molecule has 1 N–H and O–H groups in total. The van der Waals surface area contributed by atoms with Gasteiger partial charge in [0.2, 0.25) is 0 Å². The van der Waals surface area contributed by atoms with Crippen molar-refractivity contribution >= 4 is 39.5 Å². The summed E-state index contributed by atoms with van der Waals surface area (Å²) in [5, 5.41) is 18.8. The van der Waals surface area contributed by atoms with Crippen LogP contribution in [0, 0.1) is 11.3 Å². The predicted molar refractivity (Wildman–Crippen MR) is 73.1 cm³/mol. The molecule has 0 heterocycles. The van der Waals surface area contributed by atoms with Crippen LogP contribution in [0.5, 0.6) is 5.75 Å². The molecule has 4 nitrogen and oxygen atoms in total. The molecule has 0 aliphatic heterocycles. The van der Waals surface area contributed by atoms with Crippen molar-refractivity contribution in [2.45, 2.75) is 0 Å². The summed E-state index contributed by atoms with van der Waals surface area (Å²) >= 11 is 9.02. The van der Waals surface area contributed by atoms with Crippen molar-refractivity contribution in [3.05, 3.63) is 32.8 Å². The van der Waals surface area contributed by atoms with E-state index in [4.69, 9.17) is 16.9 Å². The third-order valence-corrected chi connectivity index (χ3v) is 2.86. The number of rotatable bonds is 2. The van der Waals surface area contributed by atoms with Crippen molar-refractivity contribution in [2.24, 2.45) is 0 Å². The lowest BCUT2D eigenvalue weighted by Crippen LogP contribution is -2.22. The third-order valence-electron chi connectivity index (χ3n) is 2.11. The molecule has 0 aliphatic rings. The number of benzene rings is 1. The Morgan fingerprint density at radius 1 is 1.56 bits per heavy atom. The average molecular weight is 330 g/mol. The van der Waals surface area contributed by atoms with Crippen molar-refractivity contribution in [1.29, 1.82) is 5.26 Å². The molecule has 0 radical (unpaired) electrons. The van der Waals surface area contributed by atoms with Gasteiger partial charge in [0.15, 0.2) is 0 Å². The van der Waals surface area contributed by atoms with Gasteiger partial charge < -0.3 is 10.0 Å². The first kappa shape index (κ1) is 14.6. The number of phenolic OH excluding ortho intramolecular Hbond substituents is 1. The summed E-state index contributed by atoms with van der Waals surface area (Å²) < 4.78 is 0.645. The van der Waals surface area contributed by atoms with Crippen LogP contribution in [-0.2, 0) is 4.79 Å². The Bertz CT molecular complexity index is 562. The van der Waals surface area contributed by atoms with E-state index in [1.807, 2.05) is 0 Å². The second-order valence-corrected chi connectivity index (χ2v) is 5.02. The van der Waals surface area contributed by atoms with Gasteiger partial charge in [-0.15, -0.1) is 0 Å². The second kappa shape index (κ2) is 5.89. The molecule has 18 heavy (non-hydrogen) atoms. The molecular weight excluding hydrogens is 320 g/mol. The lowest BCUT2D eigenvalue weighted by molar-refractivity contribution is -0.124. The number of hydrogen-bond acceptors (Lipinski definition) is 3. The van der Waals surface area contributed by atoms with Crippen LogP contribution < -0.4 is 0 Å². The minimum absolute atomic E-state index is 0.0792. The minimum atomic E-state index is -0.437. The lowest BCUT2D eigenvalue weighted by atomic mass is 10.1. The molecule has 0 aliphatic carbocycles. The maximum atomic E-state index is 11.7. The van der Waals surface area contributed by atoms with E-state index in [1.54, 1.807) is 26.2 Å². The Morgan fingerprint density at radius 3 is 2.67 bits per heavy atom. The fourth-order valence-corrected chi connectivity index (χ4v) is 2.07. The molecule has 94 valence electrons. The van der Waals surface area contributed by atoms with Crippen molar-refractivity contribution in [3.63, 3.8) is 0 Å². The number of nitrogens with zero attached hydrogens (tertiary/aromatic N) is 2. The lowest BCUT2D eigenvalue weighted by Gasteiger charge is -2.09. The summed E-state index contributed by atoms with van der Waals surface area (Å²) in [7, 11) is 3.09. The third kappa shape index (κ3) is 3.25. The number of halogens is 2. The van der Waals surface area contributed by atoms with E-state index < -0.39 is 5.91 Å². The number of phenols is 1. The molecule has 1 rings (SSSR count). The van der Waals surface area contributed by atoms with E-state index in [2.05, 4.69) is 15.9 Å². The van der Waals surface area contributed by atoms with E-state index in [0.29, 0.717) is 10.0 Å². The van der Waals surface area contributed by atoms with Crippen molar-refractivity contribution in [2.75, 3.05) is 14.1 Å². The van der Waals surface area contributed by atoms with Crippen LogP contribution in [0.4, 0.5) is 0 Å². The van der Waals surface area contributed by atoms with E-state index in [9.17, 15) is 9.90 Å². The highest BCUT2D eigenvalue weighted by Crippen LogP contribution is 2.32. The summed E-state index contributed by atoms with van der Waals surface area (Å²) in [5.41, 5.74) is 0.227. The van der Waals surface area contributed by atoms with Gasteiger partial charge in [-0.2, -0.15) is 5.26 Å². The topological polar surface area (TPSA) is 64.3 Å². The van der Waals surface area contributed by atoms with Gasteiger partial charge in [-0.1, -0.05) is 27.5 Å². The van der Waals surface area contributed by atoms with Crippen LogP contribution in [0.25, 0.3) is 6.08 Å². The SMILES string of the molecule is CN(C)C(=O)/C(C#N)=C/c1cc(Br)cc(Cl)c1O. The number of hydrogen-bond donors (Lipinski definition) is 1. The molecule has 1 amide bonds. The molecule has 0 atom stereocenters. The highest BCUT2D eigenvalue weighted by atomic mass is 79.9. The van der Waals surface area contributed by atoms with Crippen molar-refractivity contribution < 1.29 is 9.90 Å². The normalized spacial score (nSPS) is 10.9. The first-order valence-corrected chi connectivity index (χ1v) is 6.05. The maximum Gasteiger partial charge on any atom is 0.264 e. The Kier molecular flexibility index (Phi) is 4.76. The molecule has 0 spiro atoms. The van der Waals surface area contributed by atoms with E-state index >= 15 is 0 Å². The molecule has 6 heteroatoms. The fraction of sp³-hybridized carbons (Fsp3) is 0.167. The Morgan fingerprint density at radius 2 is 2.17 bits per heavy atom. The van der Waals surface area contributed by atoms with E-state index in [0.717, 1.165) is 0 Å². The van der Waals surface area contributed by atoms with Gasteiger partial charge in [0.25, 0.3) is 5.91 Å². The molecule has 1 aromatic carbocycles. The summed E-state index contributed by atoms with van der Waals surface area (Å²) in [6, 6.07) is 4.89. The summed E-state index contributed by atoms with van der Waals surface area (Å²) in [6.07, 6.45) is 1.30. The predicted octanol–water partition coefficient (Wildman–Crippen LogP) is 2.80. The van der Waals surface area contributed by atoms with Gasteiger partial charge in [-0.05, 0) is 18.2 Å². The fourth-order valence-electron chi connectivity index (χ4n) is 1.23.